The summed E-state index contributed by atoms with van der Waals surface area (Å²) in [5.41, 5.74) is 2.90. The monoisotopic (exact) mass is 322 g/mol. The standard InChI is InChI=1S/C15H18N2O6/c18-10-21-12-6-7-16-13(8-12)14(19)23-15(20)17-22-9-11-4-2-1-3-5-11/h1-5,10,12-13,16H,6-9H2,(H,17,20). The van der Waals surface area contributed by atoms with Gasteiger partial charge in [-0.3, -0.25) is 9.63 Å². The van der Waals surface area contributed by atoms with Crippen LogP contribution in [-0.2, 0) is 30.5 Å². The minimum Gasteiger partial charge on any atom is -0.464 e. The molecular weight excluding hydrogens is 304 g/mol. The highest BCUT2D eigenvalue weighted by Gasteiger charge is 2.30. The van der Waals surface area contributed by atoms with Gasteiger partial charge in [0.15, 0.2) is 0 Å². The summed E-state index contributed by atoms with van der Waals surface area (Å²) in [4.78, 5) is 38.6. The highest BCUT2D eigenvalue weighted by atomic mass is 16.7. The lowest BCUT2D eigenvalue weighted by atomic mass is 10.0. The first-order valence-electron chi connectivity index (χ1n) is 7.19. The summed E-state index contributed by atoms with van der Waals surface area (Å²) in [6.45, 7) is 0.994. The second-order valence-electron chi connectivity index (χ2n) is 4.97. The third kappa shape index (κ3) is 5.68. The molecule has 23 heavy (non-hydrogen) atoms. The smallest absolute Gasteiger partial charge is 0.439 e. The Balaban J connectivity index is 1.69. The van der Waals surface area contributed by atoms with Gasteiger partial charge in [-0.15, -0.1) is 0 Å². The van der Waals surface area contributed by atoms with Crippen LogP contribution in [0.5, 0.6) is 0 Å². The summed E-state index contributed by atoms with van der Waals surface area (Å²) in [7, 11) is 0. The second kappa shape index (κ2) is 8.86. The molecule has 1 aliphatic heterocycles. The molecule has 1 aliphatic rings. The SMILES string of the molecule is O=COC1CCNC(C(=O)OC(=O)NOCc2ccccc2)C1. The van der Waals surface area contributed by atoms with Crippen molar-refractivity contribution in [2.45, 2.75) is 31.6 Å². The van der Waals surface area contributed by atoms with Crippen LogP contribution in [0.4, 0.5) is 4.79 Å². The summed E-state index contributed by atoms with van der Waals surface area (Å²) in [6, 6.07) is 8.51. The number of hydroxylamine groups is 1. The largest absolute Gasteiger partial charge is 0.464 e. The van der Waals surface area contributed by atoms with Crippen molar-refractivity contribution in [2.75, 3.05) is 6.54 Å². The quantitative estimate of drug-likeness (QED) is 0.343. The van der Waals surface area contributed by atoms with Crippen molar-refractivity contribution in [3.8, 4) is 0 Å². The molecule has 0 bridgehead atoms. The van der Waals surface area contributed by atoms with Crippen LogP contribution in [0.25, 0.3) is 0 Å². The van der Waals surface area contributed by atoms with Crippen LogP contribution in [-0.4, -0.2) is 37.2 Å². The third-order valence-electron chi connectivity index (χ3n) is 3.32. The van der Waals surface area contributed by atoms with Crippen molar-refractivity contribution < 1.29 is 28.7 Å². The summed E-state index contributed by atoms with van der Waals surface area (Å²) < 4.78 is 9.46. The first-order valence-corrected chi connectivity index (χ1v) is 7.19. The Hall–Kier alpha value is -2.45. The van der Waals surface area contributed by atoms with Crippen LogP contribution in [0.3, 0.4) is 0 Å². The zero-order valence-corrected chi connectivity index (χ0v) is 12.4. The van der Waals surface area contributed by atoms with Crippen molar-refractivity contribution in [3.63, 3.8) is 0 Å². The molecule has 124 valence electrons. The molecule has 2 rings (SSSR count). The predicted molar refractivity (Wildman–Crippen MR) is 77.8 cm³/mol. The number of rotatable bonds is 6. The zero-order valence-electron chi connectivity index (χ0n) is 12.4. The summed E-state index contributed by atoms with van der Waals surface area (Å²) >= 11 is 0. The molecule has 0 aliphatic carbocycles. The predicted octanol–water partition coefficient (Wildman–Crippen LogP) is 0.665. The number of benzene rings is 1. The lowest BCUT2D eigenvalue weighted by Gasteiger charge is -2.27. The molecule has 8 heteroatoms. The zero-order chi connectivity index (χ0) is 16.5. The van der Waals surface area contributed by atoms with Crippen molar-refractivity contribution in [1.29, 1.82) is 0 Å². The fraction of sp³-hybridized carbons (Fsp3) is 0.400. The van der Waals surface area contributed by atoms with E-state index in [2.05, 4.69) is 10.1 Å². The molecule has 1 fully saturated rings. The first-order chi connectivity index (χ1) is 11.2. The lowest BCUT2D eigenvalue weighted by molar-refractivity contribution is -0.146. The highest BCUT2D eigenvalue weighted by Crippen LogP contribution is 2.12. The second-order valence-corrected chi connectivity index (χ2v) is 4.97. The molecule has 1 aromatic rings. The molecular formula is C15H18N2O6. The molecule has 1 heterocycles. The molecule has 0 spiro atoms. The number of hydrogen-bond acceptors (Lipinski definition) is 7. The Morgan fingerprint density at radius 1 is 1.30 bits per heavy atom. The van der Waals surface area contributed by atoms with Gasteiger partial charge in [-0.1, -0.05) is 30.3 Å². The van der Waals surface area contributed by atoms with Gasteiger partial charge in [0, 0.05) is 6.42 Å². The van der Waals surface area contributed by atoms with Crippen molar-refractivity contribution in [3.05, 3.63) is 35.9 Å². The van der Waals surface area contributed by atoms with Crippen LogP contribution in [0.15, 0.2) is 30.3 Å². The normalized spacial score (nSPS) is 20.3. The minimum absolute atomic E-state index is 0.154. The highest BCUT2D eigenvalue weighted by molar-refractivity contribution is 5.87. The average Bonchev–Trinajstić information content (AvgIpc) is 2.56. The fourth-order valence-corrected chi connectivity index (χ4v) is 2.20. The number of carbonyl (C=O) groups is 3. The Labute approximate surface area is 133 Å². The van der Waals surface area contributed by atoms with E-state index in [0.29, 0.717) is 19.4 Å². The molecule has 0 radical (unpaired) electrons. The van der Waals surface area contributed by atoms with Gasteiger partial charge in [0.1, 0.15) is 12.1 Å². The van der Waals surface area contributed by atoms with Crippen LogP contribution in [0.2, 0.25) is 0 Å². The average molecular weight is 322 g/mol. The number of carbonyl (C=O) groups excluding carboxylic acids is 3. The number of amides is 1. The van der Waals surface area contributed by atoms with E-state index >= 15 is 0 Å². The molecule has 0 aromatic heterocycles. The van der Waals surface area contributed by atoms with Gasteiger partial charge in [-0.25, -0.2) is 9.59 Å². The van der Waals surface area contributed by atoms with E-state index in [4.69, 9.17) is 9.57 Å². The van der Waals surface area contributed by atoms with E-state index in [1.54, 1.807) is 0 Å². The molecule has 2 unspecified atom stereocenters. The number of ether oxygens (including phenoxy) is 2. The molecule has 0 saturated carbocycles. The molecule has 2 atom stereocenters. The molecule has 1 amide bonds. The van der Waals surface area contributed by atoms with Gasteiger partial charge >= 0.3 is 12.1 Å². The van der Waals surface area contributed by atoms with Crippen molar-refractivity contribution >= 4 is 18.5 Å². The van der Waals surface area contributed by atoms with Crippen LogP contribution >= 0.6 is 0 Å². The fourth-order valence-electron chi connectivity index (χ4n) is 2.20. The van der Waals surface area contributed by atoms with E-state index in [-0.39, 0.29) is 19.1 Å². The van der Waals surface area contributed by atoms with Gasteiger partial charge in [0.05, 0.1) is 6.61 Å². The Morgan fingerprint density at radius 3 is 2.83 bits per heavy atom. The van der Waals surface area contributed by atoms with Crippen LogP contribution < -0.4 is 10.8 Å². The maximum atomic E-state index is 11.8. The van der Waals surface area contributed by atoms with Crippen LogP contribution in [0.1, 0.15) is 18.4 Å². The van der Waals surface area contributed by atoms with Gasteiger partial charge in [0.25, 0.3) is 6.47 Å². The molecule has 8 nitrogen and oxygen atoms in total. The van der Waals surface area contributed by atoms with Crippen molar-refractivity contribution in [1.82, 2.24) is 10.8 Å². The van der Waals surface area contributed by atoms with Gasteiger partial charge < -0.3 is 14.8 Å². The van der Waals surface area contributed by atoms with E-state index in [1.165, 1.54) is 0 Å². The topological polar surface area (TPSA) is 103 Å². The summed E-state index contributed by atoms with van der Waals surface area (Å²) in [5.74, 6) is -0.745. The third-order valence-corrected chi connectivity index (χ3v) is 3.32. The van der Waals surface area contributed by atoms with E-state index in [1.807, 2.05) is 35.8 Å². The number of esters is 1. The van der Waals surface area contributed by atoms with E-state index in [0.717, 1.165) is 5.56 Å². The maximum Gasteiger partial charge on any atom is 0.439 e. The Bertz CT molecular complexity index is 536. The number of piperidine rings is 1. The Morgan fingerprint density at radius 2 is 2.09 bits per heavy atom. The van der Waals surface area contributed by atoms with E-state index in [9.17, 15) is 14.4 Å². The van der Waals surface area contributed by atoms with Gasteiger partial charge in [0.2, 0.25) is 0 Å². The van der Waals surface area contributed by atoms with Gasteiger partial charge in [-0.2, -0.15) is 5.48 Å². The Kier molecular flexibility index (Phi) is 6.52. The number of hydrogen-bond donors (Lipinski definition) is 2. The lowest BCUT2D eigenvalue weighted by Crippen LogP contribution is -2.47. The summed E-state index contributed by atoms with van der Waals surface area (Å²) in [6.07, 6.45) is -0.486. The number of nitrogens with one attached hydrogen (secondary N) is 2. The molecule has 1 aromatic carbocycles. The maximum absolute atomic E-state index is 11.8. The van der Waals surface area contributed by atoms with Gasteiger partial charge in [-0.05, 0) is 18.5 Å². The van der Waals surface area contributed by atoms with Crippen LogP contribution in [0, 0.1) is 0 Å². The summed E-state index contributed by atoms with van der Waals surface area (Å²) in [5, 5.41) is 2.90. The minimum atomic E-state index is -0.994. The molecule has 2 N–H and O–H groups in total. The molecule has 1 saturated heterocycles. The van der Waals surface area contributed by atoms with E-state index < -0.39 is 18.1 Å². The van der Waals surface area contributed by atoms with Crippen molar-refractivity contribution in [2.24, 2.45) is 0 Å². The first kappa shape index (κ1) is 16.9.